The molecule has 7 heteroatoms. The number of aromatic nitrogens is 2. The highest BCUT2D eigenvalue weighted by atomic mass is 19.1. The fourth-order valence-corrected chi connectivity index (χ4v) is 3.18. The minimum atomic E-state index is -0.315. The molecule has 0 aromatic carbocycles. The van der Waals surface area contributed by atoms with Crippen LogP contribution in [0.4, 0.5) is 10.2 Å². The number of rotatable bonds is 5. The average molecular weight is 357 g/mol. The van der Waals surface area contributed by atoms with E-state index >= 15 is 0 Å². The summed E-state index contributed by atoms with van der Waals surface area (Å²) < 4.78 is 13.9. The number of hydrogen-bond donors (Lipinski definition) is 0. The summed E-state index contributed by atoms with van der Waals surface area (Å²) in [4.78, 5) is 26.6. The van der Waals surface area contributed by atoms with Gasteiger partial charge in [-0.15, -0.1) is 0 Å². The minimum Gasteiger partial charge on any atom is -0.352 e. The number of pyridine rings is 2. The monoisotopic (exact) mass is 357 g/mol. The SMILES string of the molecule is CN(CC(=O)N1CCCN(c2ncccc2F)CC1)Cc1ccncc1. The third-order valence-electron chi connectivity index (χ3n) is 4.49. The van der Waals surface area contributed by atoms with E-state index < -0.39 is 0 Å². The van der Waals surface area contributed by atoms with E-state index in [-0.39, 0.29) is 11.7 Å². The van der Waals surface area contributed by atoms with Crippen molar-refractivity contribution in [1.82, 2.24) is 19.8 Å². The van der Waals surface area contributed by atoms with Gasteiger partial charge in [-0.25, -0.2) is 9.37 Å². The summed E-state index contributed by atoms with van der Waals surface area (Å²) in [6.07, 6.45) is 5.91. The number of carbonyl (C=O) groups excluding carboxylic acids is 1. The van der Waals surface area contributed by atoms with Gasteiger partial charge in [0.1, 0.15) is 0 Å². The highest BCUT2D eigenvalue weighted by Gasteiger charge is 2.22. The zero-order valence-electron chi connectivity index (χ0n) is 15.0. The average Bonchev–Trinajstić information content (AvgIpc) is 2.89. The second-order valence-corrected chi connectivity index (χ2v) is 6.56. The second kappa shape index (κ2) is 8.71. The molecular weight excluding hydrogens is 333 g/mol. The molecule has 1 amide bonds. The molecule has 1 aliphatic rings. The van der Waals surface area contributed by atoms with Gasteiger partial charge in [0, 0.05) is 51.3 Å². The first-order chi connectivity index (χ1) is 12.6. The second-order valence-electron chi connectivity index (χ2n) is 6.56. The summed E-state index contributed by atoms with van der Waals surface area (Å²) in [7, 11) is 1.94. The van der Waals surface area contributed by atoms with Gasteiger partial charge in [-0.2, -0.15) is 0 Å². The summed E-state index contributed by atoms with van der Waals surface area (Å²) in [6.45, 7) is 3.62. The van der Waals surface area contributed by atoms with E-state index in [2.05, 4.69) is 9.97 Å². The van der Waals surface area contributed by atoms with E-state index in [0.717, 1.165) is 12.0 Å². The van der Waals surface area contributed by atoms with Crippen LogP contribution < -0.4 is 4.90 Å². The number of likely N-dealkylation sites (N-methyl/N-ethyl adjacent to an activating group) is 1. The first-order valence-electron chi connectivity index (χ1n) is 8.84. The Balaban J connectivity index is 1.53. The van der Waals surface area contributed by atoms with Crippen LogP contribution in [0.25, 0.3) is 0 Å². The van der Waals surface area contributed by atoms with Crippen LogP contribution in [0, 0.1) is 5.82 Å². The van der Waals surface area contributed by atoms with Crippen LogP contribution >= 0.6 is 0 Å². The molecule has 0 atom stereocenters. The van der Waals surface area contributed by atoms with Crippen LogP contribution in [-0.2, 0) is 11.3 Å². The van der Waals surface area contributed by atoms with E-state index in [9.17, 15) is 9.18 Å². The van der Waals surface area contributed by atoms with E-state index in [1.54, 1.807) is 24.7 Å². The lowest BCUT2D eigenvalue weighted by molar-refractivity contribution is -0.132. The lowest BCUT2D eigenvalue weighted by Gasteiger charge is -2.25. The molecule has 3 heterocycles. The summed E-state index contributed by atoms with van der Waals surface area (Å²) in [6, 6.07) is 6.91. The van der Waals surface area contributed by atoms with Crippen molar-refractivity contribution in [1.29, 1.82) is 0 Å². The standard InChI is InChI=1S/C19H24FN5O/c1-23(14-16-5-8-21-9-6-16)15-18(26)24-10-3-11-25(13-12-24)19-17(20)4-2-7-22-19/h2,4-9H,3,10-15H2,1H3. The normalized spacial score (nSPS) is 15.2. The van der Waals surface area contributed by atoms with Gasteiger partial charge >= 0.3 is 0 Å². The predicted octanol–water partition coefficient (Wildman–Crippen LogP) is 1.79. The lowest BCUT2D eigenvalue weighted by Crippen LogP contribution is -2.41. The Labute approximate surface area is 153 Å². The van der Waals surface area contributed by atoms with Gasteiger partial charge in [0.05, 0.1) is 6.54 Å². The van der Waals surface area contributed by atoms with Gasteiger partial charge in [-0.3, -0.25) is 14.7 Å². The van der Waals surface area contributed by atoms with E-state index in [0.29, 0.717) is 45.1 Å². The Morgan fingerprint density at radius 2 is 1.96 bits per heavy atom. The third kappa shape index (κ3) is 4.76. The Morgan fingerprint density at radius 1 is 1.15 bits per heavy atom. The number of anilines is 1. The van der Waals surface area contributed by atoms with Crippen LogP contribution in [-0.4, -0.2) is 65.4 Å². The van der Waals surface area contributed by atoms with Gasteiger partial charge in [-0.1, -0.05) is 0 Å². The van der Waals surface area contributed by atoms with Crippen LogP contribution in [0.15, 0.2) is 42.9 Å². The first kappa shape index (κ1) is 18.3. The number of hydrogen-bond acceptors (Lipinski definition) is 5. The maximum absolute atomic E-state index is 13.9. The van der Waals surface area contributed by atoms with Gasteiger partial charge in [0.25, 0.3) is 0 Å². The van der Waals surface area contributed by atoms with Crippen molar-refractivity contribution in [3.63, 3.8) is 0 Å². The molecule has 3 rings (SSSR count). The summed E-state index contributed by atoms with van der Waals surface area (Å²) >= 11 is 0. The summed E-state index contributed by atoms with van der Waals surface area (Å²) in [5, 5.41) is 0. The fourth-order valence-electron chi connectivity index (χ4n) is 3.18. The highest BCUT2D eigenvalue weighted by Crippen LogP contribution is 2.17. The summed E-state index contributed by atoms with van der Waals surface area (Å²) in [5.41, 5.74) is 1.13. The molecule has 0 aliphatic carbocycles. The molecule has 0 bridgehead atoms. The Bertz CT molecular complexity index is 727. The molecular formula is C19H24FN5O. The topological polar surface area (TPSA) is 52.6 Å². The molecule has 0 saturated carbocycles. The van der Waals surface area contributed by atoms with Crippen molar-refractivity contribution in [2.24, 2.45) is 0 Å². The molecule has 26 heavy (non-hydrogen) atoms. The quantitative estimate of drug-likeness (QED) is 0.817. The Hall–Kier alpha value is -2.54. The van der Waals surface area contributed by atoms with Crippen LogP contribution in [0.5, 0.6) is 0 Å². The molecule has 2 aromatic rings. The highest BCUT2D eigenvalue weighted by molar-refractivity contribution is 5.78. The number of nitrogens with zero attached hydrogens (tertiary/aromatic N) is 5. The fraction of sp³-hybridized carbons (Fsp3) is 0.421. The van der Waals surface area contributed by atoms with Gasteiger partial charge in [-0.05, 0) is 43.3 Å². The van der Waals surface area contributed by atoms with E-state index in [1.807, 2.05) is 33.9 Å². The van der Waals surface area contributed by atoms with Crippen molar-refractivity contribution in [3.05, 3.63) is 54.2 Å². The molecule has 1 fully saturated rings. The first-order valence-corrected chi connectivity index (χ1v) is 8.84. The summed E-state index contributed by atoms with van der Waals surface area (Å²) in [5.74, 6) is 0.158. The van der Waals surface area contributed by atoms with Gasteiger partial charge in [0.2, 0.25) is 5.91 Å². The van der Waals surface area contributed by atoms with E-state index in [1.165, 1.54) is 6.07 Å². The van der Waals surface area contributed by atoms with E-state index in [4.69, 9.17) is 0 Å². The van der Waals surface area contributed by atoms with Crippen molar-refractivity contribution in [3.8, 4) is 0 Å². The molecule has 1 aliphatic heterocycles. The van der Waals surface area contributed by atoms with Crippen molar-refractivity contribution in [2.75, 3.05) is 44.7 Å². The molecule has 6 nitrogen and oxygen atoms in total. The molecule has 0 N–H and O–H groups in total. The van der Waals surface area contributed by atoms with Crippen LogP contribution in [0.2, 0.25) is 0 Å². The number of carbonyl (C=O) groups is 1. The largest absolute Gasteiger partial charge is 0.352 e. The van der Waals surface area contributed by atoms with Crippen molar-refractivity contribution < 1.29 is 9.18 Å². The molecule has 1 saturated heterocycles. The van der Waals surface area contributed by atoms with Gasteiger partial charge in [0.15, 0.2) is 11.6 Å². The van der Waals surface area contributed by atoms with Crippen LogP contribution in [0.3, 0.4) is 0 Å². The van der Waals surface area contributed by atoms with Gasteiger partial charge < -0.3 is 9.80 Å². The molecule has 0 radical (unpaired) electrons. The number of amides is 1. The third-order valence-corrected chi connectivity index (χ3v) is 4.49. The Morgan fingerprint density at radius 3 is 2.73 bits per heavy atom. The molecule has 2 aromatic heterocycles. The zero-order valence-corrected chi connectivity index (χ0v) is 15.0. The molecule has 0 spiro atoms. The maximum Gasteiger partial charge on any atom is 0.236 e. The smallest absolute Gasteiger partial charge is 0.236 e. The zero-order chi connectivity index (χ0) is 18.4. The predicted molar refractivity (Wildman–Crippen MR) is 98.2 cm³/mol. The maximum atomic E-state index is 13.9. The van der Waals surface area contributed by atoms with Crippen molar-refractivity contribution >= 4 is 11.7 Å². The molecule has 138 valence electrons. The number of halogens is 1. The van der Waals surface area contributed by atoms with Crippen LogP contribution in [0.1, 0.15) is 12.0 Å². The minimum absolute atomic E-state index is 0.102. The Kier molecular flexibility index (Phi) is 6.12. The lowest BCUT2D eigenvalue weighted by atomic mass is 10.2. The van der Waals surface area contributed by atoms with Crippen molar-refractivity contribution in [2.45, 2.75) is 13.0 Å². The molecule has 0 unspecified atom stereocenters.